The first kappa shape index (κ1) is 29.6. The first-order chi connectivity index (χ1) is 20.3. The van der Waals surface area contributed by atoms with Crippen molar-refractivity contribution in [3.63, 3.8) is 0 Å². The van der Waals surface area contributed by atoms with Gasteiger partial charge in [-0.2, -0.15) is 18.4 Å². The van der Waals surface area contributed by atoms with Crippen LogP contribution in [0.4, 0.5) is 29.6 Å². The lowest BCUT2D eigenvalue weighted by molar-refractivity contribution is -0.137. The minimum atomic E-state index is -4.56. The molecule has 2 N–H and O–H groups in total. The van der Waals surface area contributed by atoms with E-state index in [2.05, 4.69) is 30.2 Å². The summed E-state index contributed by atoms with van der Waals surface area (Å²) in [6.07, 6.45) is -1.27. The van der Waals surface area contributed by atoms with Crippen LogP contribution in [0, 0.1) is 11.3 Å². The molecule has 3 aromatic heterocycles. The van der Waals surface area contributed by atoms with Crippen LogP contribution < -0.4 is 10.2 Å². The van der Waals surface area contributed by atoms with Crippen LogP contribution in [0.15, 0.2) is 48.9 Å². The molecule has 224 valence electrons. The van der Waals surface area contributed by atoms with Gasteiger partial charge in [-0.05, 0) is 51.5 Å². The summed E-state index contributed by atoms with van der Waals surface area (Å²) in [5.74, 6) is 0.220. The minimum absolute atomic E-state index is 0.118. The number of pyridine rings is 1. The molecule has 0 aliphatic carbocycles. The van der Waals surface area contributed by atoms with E-state index in [1.54, 1.807) is 4.90 Å². The van der Waals surface area contributed by atoms with Crippen molar-refractivity contribution in [2.24, 2.45) is 0 Å². The molecular weight excluding hydrogens is 561 g/mol. The Kier molecular flexibility index (Phi) is 7.88. The lowest BCUT2D eigenvalue weighted by Gasteiger charge is -2.36. The molecule has 43 heavy (non-hydrogen) atoms. The monoisotopic (exact) mass is 592 g/mol. The molecule has 0 spiro atoms. The van der Waals surface area contributed by atoms with E-state index in [0.29, 0.717) is 31.7 Å². The highest BCUT2D eigenvalue weighted by Gasteiger charge is 2.32. The van der Waals surface area contributed by atoms with Gasteiger partial charge in [-0.15, -0.1) is 0 Å². The third-order valence-corrected chi connectivity index (χ3v) is 7.06. The molecule has 1 unspecified atom stereocenters. The summed E-state index contributed by atoms with van der Waals surface area (Å²) in [5.41, 5.74) is 1.44. The summed E-state index contributed by atoms with van der Waals surface area (Å²) in [4.78, 5) is 31.8. The molecule has 0 saturated carbocycles. The first-order valence-electron chi connectivity index (χ1n) is 13.7. The minimum Gasteiger partial charge on any atom is -0.444 e. The number of hydrogen-bond acceptors (Lipinski definition) is 8. The number of carbonyl (C=O) groups is 1. The summed E-state index contributed by atoms with van der Waals surface area (Å²) >= 11 is 0. The SMILES string of the molecule is CC(Nc1ncc(C#N)c(-c2c[nH]c3ncc(C(F)(F)F)cc23)n1)c1ccc(N2CCN(C(=O)OC(C)(C)C)CC2)cc1. The number of anilines is 2. The summed E-state index contributed by atoms with van der Waals surface area (Å²) in [6.45, 7) is 9.98. The Hall–Kier alpha value is -4.86. The van der Waals surface area contributed by atoms with Crippen molar-refractivity contribution in [1.82, 2.24) is 24.8 Å². The summed E-state index contributed by atoms with van der Waals surface area (Å²) in [6, 6.07) is 10.8. The van der Waals surface area contributed by atoms with E-state index >= 15 is 0 Å². The number of hydrogen-bond donors (Lipinski definition) is 2. The quantitative estimate of drug-likeness (QED) is 0.283. The number of halogens is 3. The van der Waals surface area contributed by atoms with Gasteiger partial charge in [0, 0.05) is 55.2 Å². The predicted molar refractivity (Wildman–Crippen MR) is 155 cm³/mol. The van der Waals surface area contributed by atoms with Gasteiger partial charge >= 0.3 is 12.3 Å². The molecule has 1 atom stereocenters. The van der Waals surface area contributed by atoms with Gasteiger partial charge in [0.2, 0.25) is 5.95 Å². The normalized spacial score (nSPS) is 14.8. The summed E-state index contributed by atoms with van der Waals surface area (Å²) in [7, 11) is 0. The summed E-state index contributed by atoms with van der Waals surface area (Å²) < 4.78 is 45.5. The molecular formula is C30H31F3N8O2. The number of amides is 1. The Morgan fingerprint density at radius 3 is 2.42 bits per heavy atom. The number of piperazine rings is 1. The maximum absolute atomic E-state index is 13.3. The molecule has 5 rings (SSSR count). The molecule has 1 fully saturated rings. The van der Waals surface area contributed by atoms with Crippen molar-refractivity contribution < 1.29 is 22.7 Å². The average molecular weight is 593 g/mol. The molecule has 1 amide bonds. The second-order valence-electron chi connectivity index (χ2n) is 11.3. The largest absolute Gasteiger partial charge is 0.444 e. The van der Waals surface area contributed by atoms with Crippen molar-refractivity contribution in [2.45, 2.75) is 45.5 Å². The van der Waals surface area contributed by atoms with Crippen LogP contribution in [-0.2, 0) is 10.9 Å². The highest BCUT2D eigenvalue weighted by molar-refractivity contribution is 5.94. The zero-order valence-electron chi connectivity index (χ0n) is 24.2. The fraction of sp³-hybridized carbons (Fsp3) is 0.367. The number of nitriles is 1. The number of aromatic amines is 1. The number of benzene rings is 1. The molecule has 4 heterocycles. The lowest BCUT2D eigenvalue weighted by Crippen LogP contribution is -2.50. The molecule has 0 bridgehead atoms. The topological polar surface area (TPSA) is 123 Å². The Morgan fingerprint density at radius 2 is 1.79 bits per heavy atom. The highest BCUT2D eigenvalue weighted by Crippen LogP contribution is 2.35. The maximum Gasteiger partial charge on any atom is 0.417 e. The van der Waals surface area contributed by atoms with E-state index in [1.165, 1.54) is 12.4 Å². The number of ether oxygens (including phenoxy) is 1. The van der Waals surface area contributed by atoms with Gasteiger partial charge < -0.3 is 24.8 Å². The molecule has 1 saturated heterocycles. The first-order valence-corrected chi connectivity index (χ1v) is 13.7. The van der Waals surface area contributed by atoms with E-state index in [0.717, 1.165) is 23.5 Å². The molecule has 10 nitrogen and oxygen atoms in total. The third-order valence-electron chi connectivity index (χ3n) is 7.06. The standard InChI is InChI=1S/C30H31F3N8O2/c1-18(19-5-7-22(8-6-19)40-9-11-41(12-10-40)28(42)43-29(2,3)4)38-27-37-15-20(14-34)25(39-27)24-17-36-26-23(24)13-21(16-35-26)30(31,32)33/h5-8,13,15-18H,9-12H2,1-4H3,(H,35,36)(H,37,38,39). The van der Waals surface area contributed by atoms with Crippen LogP contribution in [0.2, 0.25) is 0 Å². The summed E-state index contributed by atoms with van der Waals surface area (Å²) in [5, 5.41) is 13.1. The second-order valence-corrected chi connectivity index (χ2v) is 11.3. The lowest BCUT2D eigenvalue weighted by atomic mass is 10.1. The van der Waals surface area contributed by atoms with E-state index in [1.807, 2.05) is 58.0 Å². The number of nitrogens with one attached hydrogen (secondary N) is 2. The fourth-order valence-electron chi connectivity index (χ4n) is 4.82. The van der Waals surface area contributed by atoms with Gasteiger partial charge in [0.05, 0.1) is 29.1 Å². The number of H-pyrrole nitrogens is 1. The van der Waals surface area contributed by atoms with Gasteiger partial charge in [-0.3, -0.25) is 0 Å². The van der Waals surface area contributed by atoms with E-state index < -0.39 is 17.3 Å². The van der Waals surface area contributed by atoms with Crippen molar-refractivity contribution in [3.05, 3.63) is 65.6 Å². The van der Waals surface area contributed by atoms with Gasteiger partial charge in [-0.1, -0.05) is 12.1 Å². The Labute approximate surface area is 246 Å². The molecule has 4 aromatic rings. The molecule has 13 heteroatoms. The number of nitrogens with zero attached hydrogens (tertiary/aromatic N) is 6. The van der Waals surface area contributed by atoms with Crippen LogP contribution in [0.25, 0.3) is 22.3 Å². The molecule has 0 radical (unpaired) electrons. The number of alkyl halides is 3. The Bertz CT molecular complexity index is 1660. The number of carbonyl (C=O) groups excluding carboxylic acids is 1. The molecule has 1 aliphatic rings. The zero-order chi connectivity index (χ0) is 30.9. The number of rotatable bonds is 5. The van der Waals surface area contributed by atoms with Crippen LogP contribution in [0.1, 0.15) is 50.4 Å². The molecule has 1 aromatic carbocycles. The van der Waals surface area contributed by atoms with E-state index in [-0.39, 0.29) is 40.4 Å². The third kappa shape index (κ3) is 6.63. The van der Waals surface area contributed by atoms with Gasteiger partial charge in [0.25, 0.3) is 0 Å². The van der Waals surface area contributed by atoms with E-state index in [9.17, 15) is 23.2 Å². The zero-order valence-corrected chi connectivity index (χ0v) is 24.2. The van der Waals surface area contributed by atoms with Crippen molar-refractivity contribution in [3.8, 4) is 17.3 Å². The van der Waals surface area contributed by atoms with Gasteiger partial charge in [0.15, 0.2) is 0 Å². The number of aromatic nitrogens is 4. The Balaban J connectivity index is 1.29. The smallest absolute Gasteiger partial charge is 0.417 e. The van der Waals surface area contributed by atoms with Crippen molar-refractivity contribution in [2.75, 3.05) is 36.4 Å². The van der Waals surface area contributed by atoms with Crippen molar-refractivity contribution in [1.29, 1.82) is 5.26 Å². The predicted octanol–water partition coefficient (Wildman–Crippen LogP) is 6.14. The second kappa shape index (κ2) is 11.4. The Morgan fingerprint density at radius 1 is 1.09 bits per heavy atom. The fourth-order valence-corrected chi connectivity index (χ4v) is 4.82. The van der Waals surface area contributed by atoms with E-state index in [4.69, 9.17) is 4.74 Å². The van der Waals surface area contributed by atoms with Crippen LogP contribution in [-0.4, -0.2) is 62.7 Å². The number of fused-ring (bicyclic) bond motifs is 1. The van der Waals surface area contributed by atoms with Crippen LogP contribution >= 0.6 is 0 Å². The average Bonchev–Trinajstić information content (AvgIpc) is 3.39. The van der Waals surface area contributed by atoms with Crippen LogP contribution in [0.5, 0.6) is 0 Å². The highest BCUT2D eigenvalue weighted by atomic mass is 19.4. The molecule has 1 aliphatic heterocycles. The van der Waals surface area contributed by atoms with Crippen LogP contribution in [0.3, 0.4) is 0 Å². The van der Waals surface area contributed by atoms with Gasteiger partial charge in [-0.25, -0.2) is 19.7 Å². The maximum atomic E-state index is 13.3. The van der Waals surface area contributed by atoms with Gasteiger partial charge in [0.1, 0.15) is 17.3 Å². The van der Waals surface area contributed by atoms with Crippen molar-refractivity contribution >= 4 is 28.8 Å².